The molecule has 134 valence electrons. The zero-order chi connectivity index (χ0) is 18.4. The summed E-state index contributed by atoms with van der Waals surface area (Å²) < 4.78 is 11.0. The van der Waals surface area contributed by atoms with E-state index < -0.39 is 0 Å². The van der Waals surface area contributed by atoms with Crippen molar-refractivity contribution in [3.8, 4) is 5.75 Å². The van der Waals surface area contributed by atoms with Gasteiger partial charge in [-0.15, -0.1) is 0 Å². The van der Waals surface area contributed by atoms with E-state index in [-0.39, 0.29) is 5.41 Å². The van der Waals surface area contributed by atoms with Crippen molar-refractivity contribution >= 4 is 17.4 Å². The van der Waals surface area contributed by atoms with Crippen molar-refractivity contribution in [3.05, 3.63) is 64.7 Å². The molecule has 1 N–H and O–H groups in total. The number of hydrogen-bond donors (Lipinski definition) is 1. The summed E-state index contributed by atoms with van der Waals surface area (Å²) in [7, 11) is 1.67. The average Bonchev–Trinajstić information content (AvgIpc) is 2.58. The first-order valence-electron chi connectivity index (χ1n) is 8.43. The lowest BCUT2D eigenvalue weighted by Gasteiger charge is -2.19. The summed E-state index contributed by atoms with van der Waals surface area (Å²) in [5.41, 5.74) is 4.80. The number of methoxy groups -OCH3 is 1. The molecule has 0 aromatic heterocycles. The summed E-state index contributed by atoms with van der Waals surface area (Å²) in [6, 6.07) is 14.6. The molecule has 0 aliphatic heterocycles. The Morgan fingerprint density at radius 1 is 1.04 bits per heavy atom. The van der Waals surface area contributed by atoms with Crippen molar-refractivity contribution in [2.24, 2.45) is 0 Å². The van der Waals surface area contributed by atoms with Gasteiger partial charge in [0.25, 0.3) is 5.17 Å². The van der Waals surface area contributed by atoms with E-state index in [1.165, 1.54) is 11.1 Å². The normalized spacial score (nSPS) is 11.1. The van der Waals surface area contributed by atoms with Crippen LogP contribution in [0.2, 0.25) is 0 Å². The molecule has 0 aliphatic carbocycles. The second kappa shape index (κ2) is 8.34. The minimum absolute atomic E-state index is 0.166. The van der Waals surface area contributed by atoms with Crippen LogP contribution in [0.25, 0.3) is 0 Å². The molecule has 4 heteroatoms. The summed E-state index contributed by atoms with van der Waals surface area (Å²) >= 11 is 5.26. The van der Waals surface area contributed by atoms with Crippen molar-refractivity contribution in [2.45, 2.75) is 46.3 Å². The molecule has 0 radical (unpaired) electrons. The maximum absolute atomic E-state index is 5.63. The second-order valence-corrected chi connectivity index (χ2v) is 7.55. The zero-order valence-electron chi connectivity index (χ0n) is 15.7. The molecule has 0 saturated carbocycles. The largest absolute Gasteiger partial charge is 0.496 e. The van der Waals surface area contributed by atoms with Crippen LogP contribution in [-0.2, 0) is 23.3 Å². The Labute approximate surface area is 156 Å². The van der Waals surface area contributed by atoms with Gasteiger partial charge in [-0.2, -0.15) is 0 Å². The van der Waals surface area contributed by atoms with E-state index >= 15 is 0 Å². The van der Waals surface area contributed by atoms with Gasteiger partial charge in [-0.3, -0.25) is 0 Å². The number of aryl methyl sites for hydroxylation is 1. The quantitative estimate of drug-likeness (QED) is 0.772. The molecular weight excluding hydrogens is 330 g/mol. The van der Waals surface area contributed by atoms with Gasteiger partial charge in [0.15, 0.2) is 0 Å². The van der Waals surface area contributed by atoms with E-state index in [0.29, 0.717) is 18.3 Å². The molecule has 3 nitrogen and oxygen atoms in total. The lowest BCUT2D eigenvalue weighted by molar-refractivity contribution is 0.285. The van der Waals surface area contributed by atoms with Crippen LogP contribution in [-0.4, -0.2) is 12.3 Å². The Kier molecular flexibility index (Phi) is 6.43. The van der Waals surface area contributed by atoms with E-state index in [4.69, 9.17) is 21.7 Å². The van der Waals surface area contributed by atoms with Gasteiger partial charge >= 0.3 is 0 Å². The van der Waals surface area contributed by atoms with Gasteiger partial charge in [0.05, 0.1) is 7.11 Å². The van der Waals surface area contributed by atoms with E-state index in [1.807, 2.05) is 25.1 Å². The SMILES string of the molecule is COc1cc(COC(=S)NCc2ccc(C(C)(C)C)cc2)ccc1C. The first kappa shape index (κ1) is 19.3. The predicted molar refractivity (Wildman–Crippen MR) is 107 cm³/mol. The lowest BCUT2D eigenvalue weighted by Crippen LogP contribution is -2.23. The summed E-state index contributed by atoms with van der Waals surface area (Å²) in [6.45, 7) is 9.72. The number of nitrogens with one attached hydrogen (secondary N) is 1. The minimum atomic E-state index is 0.166. The van der Waals surface area contributed by atoms with Crippen molar-refractivity contribution in [1.82, 2.24) is 5.32 Å². The molecule has 0 heterocycles. The average molecular weight is 358 g/mol. The predicted octanol–water partition coefficient (Wildman–Crippen LogP) is 4.89. The van der Waals surface area contributed by atoms with E-state index in [0.717, 1.165) is 16.9 Å². The number of hydrogen-bond acceptors (Lipinski definition) is 3. The first-order chi connectivity index (χ1) is 11.8. The third-order valence-corrected chi connectivity index (χ3v) is 4.36. The summed E-state index contributed by atoms with van der Waals surface area (Å²) in [6.07, 6.45) is 0. The third kappa shape index (κ3) is 5.75. The van der Waals surface area contributed by atoms with E-state index in [1.54, 1.807) is 7.11 Å². The molecular formula is C21H27NO2S. The molecule has 2 rings (SSSR count). The Balaban J connectivity index is 1.83. The molecule has 0 unspecified atom stereocenters. The Hall–Kier alpha value is -2.07. The number of rotatable bonds is 5. The van der Waals surface area contributed by atoms with Gasteiger partial charge in [-0.05, 0) is 52.9 Å². The maximum atomic E-state index is 5.63. The number of benzene rings is 2. The fourth-order valence-electron chi connectivity index (χ4n) is 2.45. The number of ether oxygens (including phenoxy) is 2. The highest BCUT2D eigenvalue weighted by molar-refractivity contribution is 7.80. The highest BCUT2D eigenvalue weighted by atomic mass is 32.1. The van der Waals surface area contributed by atoms with Crippen molar-refractivity contribution < 1.29 is 9.47 Å². The molecule has 0 aliphatic rings. The van der Waals surface area contributed by atoms with Crippen LogP contribution in [0, 0.1) is 6.92 Å². The van der Waals surface area contributed by atoms with Crippen LogP contribution >= 0.6 is 12.2 Å². The van der Waals surface area contributed by atoms with E-state index in [2.05, 4.69) is 50.4 Å². The topological polar surface area (TPSA) is 30.5 Å². The Bertz CT molecular complexity index is 718. The van der Waals surface area contributed by atoms with Gasteiger partial charge in [-0.25, -0.2) is 0 Å². The standard InChI is InChI=1S/C21H27NO2S/c1-15-6-7-17(12-19(15)23-5)14-24-20(25)22-13-16-8-10-18(11-9-16)21(2,3)4/h6-12H,13-14H2,1-5H3,(H,22,25). The first-order valence-corrected chi connectivity index (χ1v) is 8.84. The molecule has 25 heavy (non-hydrogen) atoms. The maximum Gasteiger partial charge on any atom is 0.257 e. The molecule has 0 saturated heterocycles. The molecule has 0 spiro atoms. The van der Waals surface area contributed by atoms with Gasteiger partial charge < -0.3 is 14.8 Å². The number of thiocarbonyl (C=S) groups is 1. The van der Waals surface area contributed by atoms with Gasteiger partial charge in [0.1, 0.15) is 12.4 Å². The minimum Gasteiger partial charge on any atom is -0.496 e. The smallest absolute Gasteiger partial charge is 0.257 e. The van der Waals surface area contributed by atoms with Crippen LogP contribution in [0.5, 0.6) is 5.75 Å². The molecule has 0 atom stereocenters. The van der Waals surface area contributed by atoms with Crippen LogP contribution in [0.4, 0.5) is 0 Å². The Morgan fingerprint density at radius 3 is 2.28 bits per heavy atom. The van der Waals surface area contributed by atoms with Crippen LogP contribution in [0.1, 0.15) is 43.0 Å². The van der Waals surface area contributed by atoms with Crippen molar-refractivity contribution in [3.63, 3.8) is 0 Å². The van der Waals surface area contributed by atoms with Crippen LogP contribution < -0.4 is 10.1 Å². The summed E-state index contributed by atoms with van der Waals surface area (Å²) in [5.74, 6) is 0.860. The van der Waals surface area contributed by atoms with Gasteiger partial charge in [-0.1, -0.05) is 57.2 Å². The highest BCUT2D eigenvalue weighted by Crippen LogP contribution is 2.22. The van der Waals surface area contributed by atoms with E-state index in [9.17, 15) is 0 Å². The third-order valence-electron chi connectivity index (χ3n) is 4.10. The van der Waals surface area contributed by atoms with Crippen LogP contribution in [0.3, 0.4) is 0 Å². The molecule has 0 amide bonds. The van der Waals surface area contributed by atoms with Gasteiger partial charge in [0, 0.05) is 6.54 Å². The second-order valence-electron chi connectivity index (χ2n) is 7.18. The fraction of sp³-hybridized carbons (Fsp3) is 0.381. The van der Waals surface area contributed by atoms with Crippen molar-refractivity contribution in [2.75, 3.05) is 7.11 Å². The molecule has 0 fully saturated rings. The fourth-order valence-corrected chi connectivity index (χ4v) is 2.58. The molecule has 2 aromatic rings. The monoisotopic (exact) mass is 357 g/mol. The Morgan fingerprint density at radius 2 is 1.68 bits per heavy atom. The zero-order valence-corrected chi connectivity index (χ0v) is 16.5. The lowest BCUT2D eigenvalue weighted by atomic mass is 9.87. The van der Waals surface area contributed by atoms with Crippen LogP contribution in [0.15, 0.2) is 42.5 Å². The summed E-state index contributed by atoms with van der Waals surface area (Å²) in [5, 5.41) is 3.55. The molecule has 0 bridgehead atoms. The summed E-state index contributed by atoms with van der Waals surface area (Å²) in [4.78, 5) is 0. The highest BCUT2D eigenvalue weighted by Gasteiger charge is 2.12. The van der Waals surface area contributed by atoms with Crippen molar-refractivity contribution in [1.29, 1.82) is 0 Å². The molecule has 2 aromatic carbocycles. The van der Waals surface area contributed by atoms with Gasteiger partial charge in [0.2, 0.25) is 0 Å².